The number of halogens is 1. The van der Waals surface area contributed by atoms with E-state index in [9.17, 15) is 4.79 Å². The molecule has 3 nitrogen and oxygen atoms in total. The Morgan fingerprint density at radius 3 is 2.50 bits per heavy atom. The molecule has 1 aliphatic heterocycles. The van der Waals surface area contributed by atoms with Crippen LogP contribution in [0, 0.1) is 0 Å². The van der Waals surface area contributed by atoms with Crippen LogP contribution in [-0.2, 0) is 4.79 Å². The summed E-state index contributed by atoms with van der Waals surface area (Å²) in [5, 5.41) is 3.34. The number of piperidine rings is 1. The fraction of sp³-hybridized carbons (Fsp3) is 0.562. The zero-order valence-electron chi connectivity index (χ0n) is 12.3. The fourth-order valence-corrected chi connectivity index (χ4v) is 2.70. The van der Waals surface area contributed by atoms with Crippen LogP contribution in [0.1, 0.15) is 37.7 Å². The zero-order chi connectivity index (χ0) is 13.7. The normalized spacial score (nSPS) is 17.1. The van der Waals surface area contributed by atoms with E-state index in [1.807, 2.05) is 30.1 Å². The first kappa shape index (κ1) is 17.0. The molecule has 0 aromatic heterocycles. The van der Waals surface area contributed by atoms with Gasteiger partial charge in [-0.3, -0.25) is 4.79 Å². The van der Waals surface area contributed by atoms with Crippen LogP contribution in [0.2, 0.25) is 0 Å². The molecular formula is C16H25ClN2O. The van der Waals surface area contributed by atoms with E-state index < -0.39 is 0 Å². The van der Waals surface area contributed by atoms with E-state index >= 15 is 0 Å². The highest BCUT2D eigenvalue weighted by atomic mass is 35.5. The van der Waals surface area contributed by atoms with E-state index in [1.165, 1.54) is 5.56 Å². The van der Waals surface area contributed by atoms with Crippen LogP contribution in [0.4, 0.5) is 0 Å². The molecule has 1 saturated heterocycles. The van der Waals surface area contributed by atoms with E-state index in [0.29, 0.717) is 12.5 Å². The molecule has 1 fully saturated rings. The Morgan fingerprint density at radius 2 is 1.90 bits per heavy atom. The molecule has 2 rings (SSSR count). The number of rotatable bonds is 4. The average Bonchev–Trinajstić information content (AvgIpc) is 2.48. The molecule has 112 valence electrons. The summed E-state index contributed by atoms with van der Waals surface area (Å²) in [5.41, 5.74) is 1.24. The minimum absolute atomic E-state index is 0. The number of hydrogen-bond donors (Lipinski definition) is 1. The Kier molecular flexibility index (Phi) is 7.03. The number of amides is 1. The van der Waals surface area contributed by atoms with Crippen molar-refractivity contribution in [2.75, 3.05) is 20.1 Å². The van der Waals surface area contributed by atoms with Crippen molar-refractivity contribution in [1.82, 2.24) is 10.2 Å². The maximum atomic E-state index is 12.3. The molecule has 0 saturated carbocycles. The lowest BCUT2D eigenvalue weighted by molar-refractivity contribution is -0.132. The van der Waals surface area contributed by atoms with Crippen LogP contribution >= 0.6 is 12.4 Å². The maximum Gasteiger partial charge on any atom is 0.223 e. The molecule has 0 spiro atoms. The highest BCUT2D eigenvalue weighted by Gasteiger charge is 2.23. The first-order chi connectivity index (χ1) is 9.18. The summed E-state index contributed by atoms with van der Waals surface area (Å²) in [6, 6.07) is 10.7. The number of nitrogens with zero attached hydrogens (tertiary/aromatic N) is 1. The molecule has 0 aliphatic carbocycles. The summed E-state index contributed by atoms with van der Waals surface area (Å²) >= 11 is 0. The number of carbonyl (C=O) groups is 1. The molecule has 1 atom stereocenters. The highest BCUT2D eigenvalue weighted by Crippen LogP contribution is 2.21. The second-order valence-corrected chi connectivity index (χ2v) is 5.50. The Hall–Kier alpha value is -1.06. The minimum atomic E-state index is 0. The fourth-order valence-electron chi connectivity index (χ4n) is 2.70. The summed E-state index contributed by atoms with van der Waals surface area (Å²) in [4.78, 5) is 14.3. The summed E-state index contributed by atoms with van der Waals surface area (Å²) in [6.45, 7) is 4.18. The third kappa shape index (κ3) is 4.50. The molecule has 0 bridgehead atoms. The average molecular weight is 297 g/mol. The lowest BCUT2D eigenvalue weighted by Gasteiger charge is -2.32. The third-order valence-corrected chi connectivity index (χ3v) is 4.10. The molecule has 20 heavy (non-hydrogen) atoms. The van der Waals surface area contributed by atoms with Gasteiger partial charge in [0.25, 0.3) is 0 Å². The van der Waals surface area contributed by atoms with Crippen molar-refractivity contribution in [3.05, 3.63) is 35.9 Å². The second-order valence-electron chi connectivity index (χ2n) is 5.50. The van der Waals surface area contributed by atoms with Gasteiger partial charge in [-0.25, -0.2) is 0 Å². The van der Waals surface area contributed by atoms with E-state index in [0.717, 1.165) is 25.9 Å². The van der Waals surface area contributed by atoms with Crippen LogP contribution in [-0.4, -0.2) is 37.0 Å². The Morgan fingerprint density at radius 1 is 1.30 bits per heavy atom. The third-order valence-electron chi connectivity index (χ3n) is 4.10. The van der Waals surface area contributed by atoms with Crippen molar-refractivity contribution in [2.24, 2.45) is 0 Å². The maximum absolute atomic E-state index is 12.3. The van der Waals surface area contributed by atoms with Crippen LogP contribution in [0.5, 0.6) is 0 Å². The topological polar surface area (TPSA) is 32.3 Å². The summed E-state index contributed by atoms with van der Waals surface area (Å²) < 4.78 is 0. The van der Waals surface area contributed by atoms with Crippen molar-refractivity contribution < 1.29 is 4.79 Å². The van der Waals surface area contributed by atoms with Gasteiger partial charge in [-0.1, -0.05) is 37.3 Å². The number of benzene rings is 1. The molecular weight excluding hydrogens is 272 g/mol. The Balaban J connectivity index is 0.00000200. The minimum Gasteiger partial charge on any atom is -0.343 e. The molecule has 4 heteroatoms. The van der Waals surface area contributed by atoms with Crippen molar-refractivity contribution in [1.29, 1.82) is 0 Å². The van der Waals surface area contributed by atoms with Crippen LogP contribution in [0.25, 0.3) is 0 Å². The van der Waals surface area contributed by atoms with Gasteiger partial charge in [0.05, 0.1) is 0 Å². The molecule has 1 unspecified atom stereocenters. The number of carbonyl (C=O) groups excluding carboxylic acids is 1. The van der Waals surface area contributed by atoms with Gasteiger partial charge in [-0.05, 0) is 37.4 Å². The van der Waals surface area contributed by atoms with Crippen LogP contribution in [0.3, 0.4) is 0 Å². The standard InChI is InChI=1S/C16H24N2O.ClH/c1-13(14-6-4-3-5-7-14)12-16(19)18(2)15-8-10-17-11-9-15;/h3-7,13,15,17H,8-12H2,1-2H3;1H. The van der Waals surface area contributed by atoms with E-state index in [1.54, 1.807) is 0 Å². The highest BCUT2D eigenvalue weighted by molar-refractivity contribution is 5.85. The molecule has 1 amide bonds. The first-order valence-electron chi connectivity index (χ1n) is 7.20. The van der Waals surface area contributed by atoms with Gasteiger partial charge in [-0.15, -0.1) is 12.4 Å². The van der Waals surface area contributed by atoms with Gasteiger partial charge in [0.2, 0.25) is 5.91 Å². The van der Waals surface area contributed by atoms with Crippen LogP contribution < -0.4 is 5.32 Å². The smallest absolute Gasteiger partial charge is 0.223 e. The van der Waals surface area contributed by atoms with E-state index in [-0.39, 0.29) is 24.2 Å². The van der Waals surface area contributed by atoms with Gasteiger partial charge in [0, 0.05) is 19.5 Å². The molecule has 0 radical (unpaired) electrons. The lowest BCUT2D eigenvalue weighted by Crippen LogP contribution is -2.44. The summed E-state index contributed by atoms with van der Waals surface area (Å²) in [7, 11) is 1.95. The van der Waals surface area contributed by atoms with Crippen LogP contribution in [0.15, 0.2) is 30.3 Å². The largest absolute Gasteiger partial charge is 0.343 e. The van der Waals surface area contributed by atoms with Crippen molar-refractivity contribution in [3.8, 4) is 0 Å². The Bertz CT molecular complexity index is 404. The lowest BCUT2D eigenvalue weighted by atomic mass is 9.96. The van der Waals surface area contributed by atoms with Gasteiger partial charge in [-0.2, -0.15) is 0 Å². The zero-order valence-corrected chi connectivity index (χ0v) is 13.2. The predicted molar refractivity (Wildman–Crippen MR) is 85.4 cm³/mol. The molecule has 1 N–H and O–H groups in total. The number of hydrogen-bond acceptors (Lipinski definition) is 2. The van der Waals surface area contributed by atoms with Gasteiger partial charge in [0.15, 0.2) is 0 Å². The molecule has 1 aliphatic rings. The molecule has 1 heterocycles. The quantitative estimate of drug-likeness (QED) is 0.927. The number of nitrogens with one attached hydrogen (secondary N) is 1. The Labute approximate surface area is 128 Å². The summed E-state index contributed by atoms with van der Waals surface area (Å²) in [5.74, 6) is 0.557. The molecule has 1 aromatic carbocycles. The predicted octanol–water partition coefficient (Wildman–Crippen LogP) is 2.81. The van der Waals surface area contributed by atoms with Crippen molar-refractivity contribution >= 4 is 18.3 Å². The van der Waals surface area contributed by atoms with Gasteiger partial charge >= 0.3 is 0 Å². The van der Waals surface area contributed by atoms with Crippen molar-refractivity contribution in [3.63, 3.8) is 0 Å². The van der Waals surface area contributed by atoms with Gasteiger partial charge < -0.3 is 10.2 Å². The van der Waals surface area contributed by atoms with E-state index in [2.05, 4.69) is 24.4 Å². The second kappa shape index (κ2) is 8.28. The monoisotopic (exact) mass is 296 g/mol. The summed E-state index contributed by atoms with van der Waals surface area (Å²) in [6.07, 6.45) is 2.74. The SMILES string of the molecule is CC(CC(=O)N(C)C1CCNCC1)c1ccccc1.Cl. The molecule has 1 aromatic rings. The first-order valence-corrected chi connectivity index (χ1v) is 7.20. The van der Waals surface area contributed by atoms with Gasteiger partial charge in [0.1, 0.15) is 0 Å². The van der Waals surface area contributed by atoms with E-state index in [4.69, 9.17) is 0 Å². The van der Waals surface area contributed by atoms with Crippen molar-refractivity contribution in [2.45, 2.75) is 38.1 Å².